The van der Waals surface area contributed by atoms with Crippen LogP contribution in [0.4, 0.5) is 5.69 Å². The quantitative estimate of drug-likeness (QED) is 0.209. The van der Waals surface area contributed by atoms with Gasteiger partial charge in [-0.1, -0.05) is 31.1 Å². The summed E-state index contributed by atoms with van der Waals surface area (Å²) < 4.78 is 0. The van der Waals surface area contributed by atoms with E-state index < -0.39 is 10.3 Å². The van der Waals surface area contributed by atoms with Crippen LogP contribution >= 0.6 is 11.8 Å². The van der Waals surface area contributed by atoms with Crippen LogP contribution in [0.1, 0.15) is 20.3 Å². The van der Waals surface area contributed by atoms with Crippen LogP contribution in [0.3, 0.4) is 0 Å². The summed E-state index contributed by atoms with van der Waals surface area (Å²) in [5.41, 5.74) is 5.26. The van der Waals surface area contributed by atoms with Crippen molar-refractivity contribution in [1.29, 1.82) is 0 Å². The van der Waals surface area contributed by atoms with Crippen molar-refractivity contribution >= 4 is 23.3 Å². The molecule has 19 heavy (non-hydrogen) atoms. The highest BCUT2D eigenvalue weighted by molar-refractivity contribution is 7.99. The normalized spacial score (nSPS) is 12.4. The number of oxime groups is 1. The fraction of sp³-hybridized carbons (Fsp3) is 0.417. The fourth-order valence-electron chi connectivity index (χ4n) is 1.41. The standard InChI is InChI=1S/C12H17N3O3S/c1-12(2,11(13)14-16)7-8-19-10-6-4-3-5-9(10)15(17)18/h3-6,16H,7-8H2,1-2H3,(H2,13,14). The molecule has 0 aliphatic heterocycles. The molecule has 0 heterocycles. The van der Waals surface area contributed by atoms with E-state index in [4.69, 9.17) is 10.9 Å². The van der Waals surface area contributed by atoms with E-state index in [1.165, 1.54) is 17.8 Å². The number of rotatable bonds is 6. The molecule has 0 saturated carbocycles. The number of nitrogens with zero attached hydrogens (tertiary/aromatic N) is 2. The Labute approximate surface area is 115 Å². The number of nitro groups is 1. The lowest BCUT2D eigenvalue weighted by atomic mass is 9.89. The van der Waals surface area contributed by atoms with Crippen molar-refractivity contribution in [2.75, 3.05) is 5.75 Å². The lowest BCUT2D eigenvalue weighted by molar-refractivity contribution is -0.387. The predicted molar refractivity (Wildman–Crippen MR) is 75.6 cm³/mol. The minimum atomic E-state index is -0.439. The Balaban J connectivity index is 2.66. The van der Waals surface area contributed by atoms with Gasteiger partial charge in [0.1, 0.15) is 5.84 Å². The number of para-hydroxylation sites is 1. The number of hydrogen-bond donors (Lipinski definition) is 2. The van der Waals surface area contributed by atoms with Crippen molar-refractivity contribution < 1.29 is 10.1 Å². The summed E-state index contributed by atoms with van der Waals surface area (Å²) >= 11 is 1.40. The molecule has 0 fully saturated rings. The zero-order valence-electron chi connectivity index (χ0n) is 10.9. The van der Waals surface area contributed by atoms with Crippen molar-refractivity contribution in [3.8, 4) is 0 Å². The van der Waals surface area contributed by atoms with Crippen LogP contribution in [0.2, 0.25) is 0 Å². The molecule has 104 valence electrons. The van der Waals surface area contributed by atoms with Gasteiger partial charge in [0.15, 0.2) is 0 Å². The second kappa shape index (κ2) is 6.42. The van der Waals surface area contributed by atoms with Gasteiger partial charge in [0.05, 0.1) is 9.82 Å². The highest BCUT2D eigenvalue weighted by Gasteiger charge is 2.23. The third kappa shape index (κ3) is 4.13. The summed E-state index contributed by atoms with van der Waals surface area (Å²) in [6.45, 7) is 3.73. The van der Waals surface area contributed by atoms with E-state index in [0.29, 0.717) is 17.1 Å². The Kier molecular flexibility index (Phi) is 5.17. The molecule has 3 N–H and O–H groups in total. The fourth-order valence-corrected chi connectivity index (χ4v) is 2.71. The van der Waals surface area contributed by atoms with E-state index in [9.17, 15) is 10.1 Å². The van der Waals surface area contributed by atoms with Gasteiger partial charge in [-0.05, 0) is 18.2 Å². The summed E-state index contributed by atoms with van der Waals surface area (Å²) in [4.78, 5) is 11.1. The van der Waals surface area contributed by atoms with E-state index in [1.54, 1.807) is 18.2 Å². The first-order chi connectivity index (χ1) is 8.88. The van der Waals surface area contributed by atoms with E-state index >= 15 is 0 Å². The third-order valence-electron chi connectivity index (χ3n) is 2.85. The molecule has 0 aromatic heterocycles. The molecule has 1 rings (SSSR count). The lowest BCUT2D eigenvalue weighted by Gasteiger charge is -2.22. The average Bonchev–Trinajstić information content (AvgIpc) is 2.37. The van der Waals surface area contributed by atoms with Gasteiger partial charge < -0.3 is 10.9 Å². The molecule has 0 aliphatic rings. The minimum absolute atomic E-state index is 0.106. The number of thioether (sulfide) groups is 1. The van der Waals surface area contributed by atoms with Crippen LogP contribution in [0.5, 0.6) is 0 Å². The molecular weight excluding hydrogens is 266 g/mol. The first kappa shape index (κ1) is 15.3. The van der Waals surface area contributed by atoms with Crippen LogP contribution in [0.15, 0.2) is 34.3 Å². The van der Waals surface area contributed by atoms with E-state index in [2.05, 4.69) is 5.16 Å². The van der Waals surface area contributed by atoms with Gasteiger partial charge in [0.2, 0.25) is 0 Å². The van der Waals surface area contributed by atoms with Gasteiger partial charge in [-0.15, -0.1) is 11.8 Å². The summed E-state index contributed by atoms with van der Waals surface area (Å²) in [6, 6.07) is 6.61. The third-order valence-corrected chi connectivity index (χ3v) is 3.91. The van der Waals surface area contributed by atoms with Gasteiger partial charge in [0, 0.05) is 11.5 Å². The number of benzene rings is 1. The SMILES string of the molecule is CC(C)(CCSc1ccccc1[N+](=O)[O-])C(N)=NO. The first-order valence-corrected chi connectivity index (χ1v) is 6.71. The van der Waals surface area contributed by atoms with Crippen LogP contribution in [0, 0.1) is 15.5 Å². The van der Waals surface area contributed by atoms with Gasteiger partial charge in [-0.3, -0.25) is 10.1 Å². The molecule has 0 amide bonds. The highest BCUT2D eigenvalue weighted by Crippen LogP contribution is 2.32. The van der Waals surface area contributed by atoms with Gasteiger partial charge in [-0.2, -0.15) is 0 Å². The second-order valence-corrected chi connectivity index (χ2v) is 5.83. The second-order valence-electron chi connectivity index (χ2n) is 4.69. The molecule has 1 aromatic carbocycles. The van der Waals surface area contributed by atoms with Gasteiger partial charge in [0.25, 0.3) is 5.69 Å². The Morgan fingerprint density at radius 2 is 2.16 bits per heavy atom. The molecule has 0 bridgehead atoms. The highest BCUT2D eigenvalue weighted by atomic mass is 32.2. The molecule has 6 nitrogen and oxygen atoms in total. The number of hydrogen-bond acceptors (Lipinski definition) is 5. The molecule has 0 atom stereocenters. The Morgan fingerprint density at radius 1 is 1.53 bits per heavy atom. The maximum atomic E-state index is 10.9. The summed E-state index contributed by atoms with van der Waals surface area (Å²) in [5, 5.41) is 22.5. The largest absolute Gasteiger partial charge is 0.409 e. The van der Waals surface area contributed by atoms with Crippen LogP contribution in [-0.2, 0) is 0 Å². The molecule has 1 aromatic rings. The monoisotopic (exact) mass is 283 g/mol. The molecule has 0 spiro atoms. The van der Waals surface area contributed by atoms with E-state index in [0.717, 1.165) is 0 Å². The Hall–Kier alpha value is -1.76. The smallest absolute Gasteiger partial charge is 0.282 e. The Bertz CT molecular complexity index is 489. The number of nitrogens with two attached hydrogens (primary N) is 1. The molecule has 7 heteroatoms. The summed E-state index contributed by atoms with van der Waals surface area (Å²) in [6.07, 6.45) is 0.652. The molecule has 0 radical (unpaired) electrons. The van der Waals surface area contributed by atoms with Crippen molar-refractivity contribution in [3.05, 3.63) is 34.4 Å². The zero-order valence-corrected chi connectivity index (χ0v) is 11.7. The average molecular weight is 283 g/mol. The molecule has 0 saturated heterocycles. The van der Waals surface area contributed by atoms with Crippen LogP contribution in [-0.4, -0.2) is 21.7 Å². The van der Waals surface area contributed by atoms with Crippen molar-refractivity contribution in [2.45, 2.75) is 25.2 Å². The van der Waals surface area contributed by atoms with Crippen molar-refractivity contribution in [2.24, 2.45) is 16.3 Å². The Morgan fingerprint density at radius 3 is 2.74 bits per heavy atom. The first-order valence-electron chi connectivity index (χ1n) is 5.72. The summed E-state index contributed by atoms with van der Waals surface area (Å²) in [5.74, 6) is 0.810. The van der Waals surface area contributed by atoms with Crippen LogP contribution < -0.4 is 5.73 Å². The van der Waals surface area contributed by atoms with Gasteiger partial charge in [-0.25, -0.2) is 0 Å². The summed E-state index contributed by atoms with van der Waals surface area (Å²) in [7, 11) is 0. The van der Waals surface area contributed by atoms with Crippen molar-refractivity contribution in [1.82, 2.24) is 0 Å². The molecular formula is C12H17N3O3S. The van der Waals surface area contributed by atoms with E-state index in [-0.39, 0.29) is 11.5 Å². The molecule has 0 aliphatic carbocycles. The van der Waals surface area contributed by atoms with Crippen LogP contribution in [0.25, 0.3) is 0 Å². The van der Waals surface area contributed by atoms with Crippen molar-refractivity contribution in [3.63, 3.8) is 0 Å². The topological polar surface area (TPSA) is 102 Å². The van der Waals surface area contributed by atoms with Gasteiger partial charge >= 0.3 is 0 Å². The zero-order chi connectivity index (χ0) is 14.5. The predicted octanol–water partition coefficient (Wildman–Crippen LogP) is 2.85. The number of nitro benzene ring substituents is 1. The maximum Gasteiger partial charge on any atom is 0.282 e. The molecule has 0 unspecified atom stereocenters. The maximum absolute atomic E-state index is 10.9. The minimum Gasteiger partial charge on any atom is -0.409 e. The number of amidine groups is 1. The lowest BCUT2D eigenvalue weighted by Crippen LogP contribution is -2.32. The van der Waals surface area contributed by atoms with E-state index in [1.807, 2.05) is 13.8 Å².